The van der Waals surface area contributed by atoms with Crippen molar-refractivity contribution in [3.63, 3.8) is 0 Å². The first-order valence-corrected chi connectivity index (χ1v) is 9.73. The smallest absolute Gasteiger partial charge is 0.333 e. The molecule has 0 aliphatic carbocycles. The minimum atomic E-state index is -0.894. The zero-order valence-electron chi connectivity index (χ0n) is 16.1. The molecule has 0 radical (unpaired) electrons. The summed E-state index contributed by atoms with van der Waals surface area (Å²) in [6.45, 7) is 0.262. The van der Waals surface area contributed by atoms with Crippen LogP contribution < -0.4 is 11.0 Å². The molecular weight excluding hydrogens is 382 g/mol. The molecule has 30 heavy (non-hydrogen) atoms. The SMILES string of the molecule is O=C(Cn1cccnc1=O)N1CCC2(C(=O)Nc3ccccc32)C1c1cccnc1. The van der Waals surface area contributed by atoms with Crippen molar-refractivity contribution in [1.82, 2.24) is 19.4 Å². The van der Waals surface area contributed by atoms with Crippen LogP contribution in [0.25, 0.3) is 0 Å². The van der Waals surface area contributed by atoms with E-state index in [2.05, 4.69) is 15.3 Å². The molecule has 2 aromatic heterocycles. The monoisotopic (exact) mass is 401 g/mol. The maximum atomic E-state index is 13.3. The molecule has 0 saturated carbocycles. The Bertz CT molecular complexity index is 1190. The van der Waals surface area contributed by atoms with E-state index in [9.17, 15) is 14.4 Å². The van der Waals surface area contributed by atoms with Gasteiger partial charge >= 0.3 is 5.69 Å². The van der Waals surface area contributed by atoms with E-state index in [1.165, 1.54) is 17.0 Å². The Kier molecular flexibility index (Phi) is 4.20. The molecule has 2 aliphatic heterocycles. The number of carbonyl (C=O) groups excluding carboxylic acids is 2. The third-order valence-electron chi connectivity index (χ3n) is 6.00. The van der Waals surface area contributed by atoms with Gasteiger partial charge in [0.2, 0.25) is 11.8 Å². The van der Waals surface area contributed by atoms with Gasteiger partial charge in [-0.1, -0.05) is 24.3 Å². The highest BCUT2D eigenvalue weighted by atomic mass is 16.2. The highest BCUT2D eigenvalue weighted by Gasteiger charge is 2.59. The maximum Gasteiger partial charge on any atom is 0.347 e. The Morgan fingerprint density at radius 3 is 2.80 bits per heavy atom. The number of anilines is 1. The number of nitrogens with one attached hydrogen (secondary N) is 1. The van der Waals surface area contributed by atoms with Crippen LogP contribution >= 0.6 is 0 Å². The molecule has 1 N–H and O–H groups in total. The molecule has 1 aromatic carbocycles. The van der Waals surface area contributed by atoms with Gasteiger partial charge in [0.1, 0.15) is 12.0 Å². The number of rotatable bonds is 3. The van der Waals surface area contributed by atoms with E-state index < -0.39 is 17.1 Å². The largest absolute Gasteiger partial charge is 0.347 e. The van der Waals surface area contributed by atoms with Crippen molar-refractivity contribution in [3.8, 4) is 0 Å². The standard InChI is InChI=1S/C22H19N5O3/c28-18(14-26-11-4-10-24-21(26)30)27-12-8-22(19(27)15-5-3-9-23-13-15)16-6-1-2-7-17(16)25-20(22)29/h1-7,9-11,13,19H,8,12,14H2,(H,25,29). The van der Waals surface area contributed by atoms with Gasteiger partial charge in [0, 0.05) is 37.0 Å². The number of para-hydroxylation sites is 1. The second-order valence-corrected chi connectivity index (χ2v) is 7.53. The predicted octanol–water partition coefficient (Wildman–Crippen LogP) is 1.50. The fourth-order valence-electron chi connectivity index (χ4n) is 4.70. The Morgan fingerprint density at radius 2 is 2.00 bits per heavy atom. The Labute approximate surface area is 172 Å². The number of carbonyl (C=O) groups is 2. The number of hydrogen-bond acceptors (Lipinski definition) is 5. The summed E-state index contributed by atoms with van der Waals surface area (Å²) in [4.78, 5) is 48.2. The molecule has 8 nitrogen and oxygen atoms in total. The Morgan fingerprint density at radius 1 is 1.13 bits per heavy atom. The first-order valence-electron chi connectivity index (χ1n) is 9.73. The summed E-state index contributed by atoms with van der Waals surface area (Å²) in [5, 5.41) is 2.99. The number of pyridine rings is 1. The quantitative estimate of drug-likeness (QED) is 0.717. The zero-order chi connectivity index (χ0) is 20.7. The van der Waals surface area contributed by atoms with Crippen LogP contribution in [-0.4, -0.2) is 37.8 Å². The molecule has 3 aromatic rings. The lowest BCUT2D eigenvalue weighted by atomic mass is 9.73. The van der Waals surface area contributed by atoms with Crippen molar-refractivity contribution in [3.05, 3.63) is 88.9 Å². The second-order valence-electron chi connectivity index (χ2n) is 7.53. The highest BCUT2D eigenvalue weighted by molar-refractivity contribution is 6.07. The van der Waals surface area contributed by atoms with Crippen molar-refractivity contribution >= 4 is 17.5 Å². The number of amides is 2. The summed E-state index contributed by atoms with van der Waals surface area (Å²) >= 11 is 0. The summed E-state index contributed by atoms with van der Waals surface area (Å²) in [5.41, 5.74) is 1.07. The van der Waals surface area contributed by atoms with Crippen LogP contribution in [-0.2, 0) is 21.5 Å². The van der Waals surface area contributed by atoms with Crippen molar-refractivity contribution in [1.29, 1.82) is 0 Å². The van der Waals surface area contributed by atoms with Gasteiger partial charge in [0.15, 0.2) is 0 Å². The summed E-state index contributed by atoms with van der Waals surface area (Å²) in [5.74, 6) is -0.362. The normalized spacial score (nSPS) is 22.2. The van der Waals surface area contributed by atoms with Gasteiger partial charge in [0.25, 0.3) is 0 Å². The van der Waals surface area contributed by atoms with Gasteiger partial charge < -0.3 is 10.2 Å². The minimum absolute atomic E-state index is 0.119. The molecule has 4 heterocycles. The molecule has 2 atom stereocenters. The molecule has 150 valence electrons. The summed E-state index contributed by atoms with van der Waals surface area (Å²) in [7, 11) is 0. The van der Waals surface area contributed by atoms with Crippen molar-refractivity contribution < 1.29 is 9.59 Å². The molecule has 2 unspecified atom stereocenters. The lowest BCUT2D eigenvalue weighted by Crippen LogP contribution is -2.44. The maximum absolute atomic E-state index is 13.3. The van der Waals surface area contributed by atoms with Crippen LogP contribution in [0.4, 0.5) is 5.69 Å². The molecule has 5 rings (SSSR count). The van der Waals surface area contributed by atoms with Gasteiger partial charge in [0.05, 0.1) is 6.04 Å². The third-order valence-corrected chi connectivity index (χ3v) is 6.00. The molecule has 1 saturated heterocycles. The third kappa shape index (κ3) is 2.64. The lowest BCUT2D eigenvalue weighted by Gasteiger charge is -2.34. The molecule has 8 heteroatoms. The summed E-state index contributed by atoms with van der Waals surface area (Å²) in [6.07, 6.45) is 6.78. The first kappa shape index (κ1) is 18.2. The van der Waals surface area contributed by atoms with E-state index in [0.29, 0.717) is 13.0 Å². The van der Waals surface area contributed by atoms with Gasteiger partial charge in [-0.05, 0) is 35.7 Å². The van der Waals surface area contributed by atoms with Crippen LogP contribution in [0, 0.1) is 0 Å². The average Bonchev–Trinajstić information content (AvgIpc) is 3.30. The van der Waals surface area contributed by atoms with Gasteiger partial charge in [-0.3, -0.25) is 19.1 Å². The average molecular weight is 401 g/mol. The fourth-order valence-corrected chi connectivity index (χ4v) is 4.70. The van der Waals surface area contributed by atoms with Crippen molar-refractivity contribution in [2.24, 2.45) is 0 Å². The van der Waals surface area contributed by atoms with Gasteiger partial charge in [-0.15, -0.1) is 0 Å². The van der Waals surface area contributed by atoms with E-state index in [0.717, 1.165) is 16.8 Å². The topological polar surface area (TPSA) is 97.2 Å². The highest BCUT2D eigenvalue weighted by Crippen LogP contribution is 2.54. The van der Waals surface area contributed by atoms with E-state index in [1.54, 1.807) is 29.4 Å². The van der Waals surface area contributed by atoms with Crippen LogP contribution in [0.5, 0.6) is 0 Å². The number of aromatic nitrogens is 3. The molecular formula is C22H19N5O3. The molecule has 1 fully saturated rings. The summed E-state index contributed by atoms with van der Waals surface area (Å²) in [6, 6.07) is 12.4. The number of likely N-dealkylation sites (tertiary alicyclic amines) is 1. The zero-order valence-corrected chi connectivity index (χ0v) is 16.1. The minimum Gasteiger partial charge on any atom is -0.333 e. The van der Waals surface area contributed by atoms with Crippen molar-refractivity contribution in [2.45, 2.75) is 24.4 Å². The Hall–Kier alpha value is -3.81. The van der Waals surface area contributed by atoms with E-state index >= 15 is 0 Å². The van der Waals surface area contributed by atoms with Crippen LogP contribution in [0.2, 0.25) is 0 Å². The molecule has 2 amide bonds. The second kappa shape index (κ2) is 6.91. The predicted molar refractivity (Wildman–Crippen MR) is 109 cm³/mol. The molecule has 2 aliphatic rings. The van der Waals surface area contributed by atoms with Gasteiger partial charge in [-0.25, -0.2) is 9.78 Å². The first-order chi connectivity index (χ1) is 14.6. The number of hydrogen-bond donors (Lipinski definition) is 1. The van der Waals surface area contributed by atoms with Crippen molar-refractivity contribution in [2.75, 3.05) is 11.9 Å². The number of nitrogens with zero attached hydrogens (tertiary/aromatic N) is 4. The van der Waals surface area contributed by atoms with Gasteiger partial charge in [-0.2, -0.15) is 0 Å². The van der Waals surface area contributed by atoms with Crippen LogP contribution in [0.15, 0.2) is 72.0 Å². The Balaban J connectivity index is 1.60. The van der Waals surface area contributed by atoms with E-state index in [4.69, 9.17) is 0 Å². The van der Waals surface area contributed by atoms with E-state index in [-0.39, 0.29) is 18.4 Å². The lowest BCUT2D eigenvalue weighted by molar-refractivity contribution is -0.134. The summed E-state index contributed by atoms with van der Waals surface area (Å²) < 4.78 is 1.27. The number of benzene rings is 1. The fraction of sp³-hybridized carbons (Fsp3) is 0.227. The number of fused-ring (bicyclic) bond motifs is 2. The van der Waals surface area contributed by atoms with E-state index in [1.807, 2.05) is 30.3 Å². The van der Waals surface area contributed by atoms with Crippen LogP contribution in [0.3, 0.4) is 0 Å². The molecule has 0 bridgehead atoms. The molecule has 1 spiro atoms. The van der Waals surface area contributed by atoms with Crippen LogP contribution in [0.1, 0.15) is 23.6 Å².